The van der Waals surface area contributed by atoms with Crippen LogP contribution in [-0.2, 0) is 0 Å². The average Bonchev–Trinajstić information content (AvgIpc) is 1.65. The summed E-state index contributed by atoms with van der Waals surface area (Å²) in [6.45, 7) is 4.89. The van der Waals surface area contributed by atoms with Gasteiger partial charge in [-0.1, -0.05) is 39.2 Å². The fraction of sp³-hybridized carbons (Fsp3) is 1.00. The van der Waals surface area contributed by atoms with Crippen LogP contribution in [0.25, 0.3) is 0 Å². The van der Waals surface area contributed by atoms with E-state index in [0.29, 0.717) is 9.52 Å². The van der Waals surface area contributed by atoms with Crippen molar-refractivity contribution in [2.75, 3.05) is 0 Å². The Hall–Kier alpha value is 0.217. The van der Waals surface area contributed by atoms with Crippen molar-refractivity contribution < 1.29 is 0 Å². The molecule has 0 N–H and O–H groups in total. The summed E-state index contributed by atoms with van der Waals surface area (Å²) < 4.78 is 0. The van der Waals surface area contributed by atoms with Crippen LogP contribution in [0.5, 0.6) is 0 Å². The summed E-state index contributed by atoms with van der Waals surface area (Å²) in [7, 11) is 0.336. The van der Waals surface area contributed by atoms with E-state index >= 15 is 0 Å². The average molecular weight is 128 g/mol. The molecule has 1 heteroatoms. The first-order chi connectivity index (χ1) is 3.71. The van der Waals surface area contributed by atoms with E-state index < -0.39 is 0 Å². The lowest BCUT2D eigenvalue weighted by Crippen LogP contribution is -2.16. The Labute approximate surface area is 54.5 Å². The number of hydrogen-bond donors (Lipinski definition) is 0. The van der Waals surface area contributed by atoms with Crippen LogP contribution in [0.4, 0.5) is 0 Å². The van der Waals surface area contributed by atoms with Gasteiger partial charge in [0.25, 0.3) is 0 Å². The van der Waals surface area contributed by atoms with Crippen LogP contribution in [0.2, 0.25) is 11.1 Å². The molecule has 1 saturated heterocycles. The first kappa shape index (κ1) is 6.34. The van der Waals surface area contributed by atoms with E-state index in [2.05, 4.69) is 13.8 Å². The first-order valence-electron chi connectivity index (χ1n) is 3.71. The molecule has 0 unspecified atom stereocenters. The van der Waals surface area contributed by atoms with Gasteiger partial charge in [0.15, 0.2) is 0 Å². The molecule has 0 spiro atoms. The maximum Gasteiger partial charge on any atom is 0.0263 e. The standard InChI is InChI=1S/C7H16Si/c1-7(2)5-3-4-6-8-7/h3-6,8H2,1-2H3. The van der Waals surface area contributed by atoms with Gasteiger partial charge in [0.05, 0.1) is 0 Å². The van der Waals surface area contributed by atoms with Crippen molar-refractivity contribution in [1.29, 1.82) is 0 Å². The van der Waals surface area contributed by atoms with Crippen molar-refractivity contribution >= 4 is 9.52 Å². The molecule has 1 heterocycles. The SMILES string of the molecule is CC1(C)CCCC[SiH2]1. The van der Waals surface area contributed by atoms with E-state index in [9.17, 15) is 0 Å². The van der Waals surface area contributed by atoms with Gasteiger partial charge in [0.2, 0.25) is 0 Å². The lowest BCUT2D eigenvalue weighted by molar-refractivity contribution is 0.533. The van der Waals surface area contributed by atoms with E-state index in [1.54, 1.807) is 6.04 Å². The zero-order chi connectivity index (χ0) is 6.04. The molecule has 0 amide bonds. The van der Waals surface area contributed by atoms with Crippen molar-refractivity contribution in [3.05, 3.63) is 0 Å². The van der Waals surface area contributed by atoms with Gasteiger partial charge in [-0.15, -0.1) is 0 Å². The van der Waals surface area contributed by atoms with Crippen LogP contribution >= 0.6 is 0 Å². The zero-order valence-corrected chi connectivity index (χ0v) is 7.45. The summed E-state index contributed by atoms with van der Waals surface area (Å²) in [5.41, 5.74) is 0. The van der Waals surface area contributed by atoms with Gasteiger partial charge in [-0.25, -0.2) is 0 Å². The second kappa shape index (κ2) is 2.22. The zero-order valence-electron chi connectivity index (χ0n) is 6.04. The second-order valence-corrected chi connectivity index (χ2v) is 6.85. The molecule has 0 aliphatic carbocycles. The Kier molecular flexibility index (Phi) is 1.76. The summed E-state index contributed by atoms with van der Waals surface area (Å²) in [6.07, 6.45) is 4.55. The summed E-state index contributed by atoms with van der Waals surface area (Å²) in [5, 5.41) is 0.818. The van der Waals surface area contributed by atoms with E-state index in [-0.39, 0.29) is 0 Å². The van der Waals surface area contributed by atoms with E-state index in [1.807, 2.05) is 0 Å². The highest BCUT2D eigenvalue weighted by molar-refractivity contribution is 6.39. The smallest absolute Gasteiger partial charge is 0.0263 e. The van der Waals surface area contributed by atoms with Gasteiger partial charge < -0.3 is 0 Å². The number of rotatable bonds is 0. The third-order valence-corrected chi connectivity index (χ3v) is 4.77. The molecule has 48 valence electrons. The van der Waals surface area contributed by atoms with Crippen molar-refractivity contribution in [1.82, 2.24) is 0 Å². The highest BCUT2D eigenvalue weighted by atomic mass is 28.2. The Morgan fingerprint density at radius 3 is 2.25 bits per heavy atom. The van der Waals surface area contributed by atoms with Crippen LogP contribution in [0.3, 0.4) is 0 Å². The molecular formula is C7H16Si. The Morgan fingerprint density at radius 2 is 2.00 bits per heavy atom. The molecule has 0 radical (unpaired) electrons. The monoisotopic (exact) mass is 128 g/mol. The normalized spacial score (nSPS) is 30.8. The lowest BCUT2D eigenvalue weighted by atomic mass is 10.1. The topological polar surface area (TPSA) is 0 Å². The molecule has 0 aromatic heterocycles. The predicted molar refractivity (Wildman–Crippen MR) is 41.2 cm³/mol. The fourth-order valence-corrected chi connectivity index (χ4v) is 3.57. The highest BCUT2D eigenvalue weighted by Gasteiger charge is 2.20. The van der Waals surface area contributed by atoms with E-state index in [4.69, 9.17) is 0 Å². The minimum absolute atomic E-state index is 0.336. The van der Waals surface area contributed by atoms with Gasteiger partial charge in [0.1, 0.15) is 0 Å². The predicted octanol–water partition coefficient (Wildman–Crippen LogP) is 1.96. The van der Waals surface area contributed by atoms with Crippen LogP contribution in [0.1, 0.15) is 33.1 Å². The van der Waals surface area contributed by atoms with Crippen LogP contribution in [0, 0.1) is 0 Å². The molecule has 0 aromatic rings. The molecule has 0 aromatic carbocycles. The quantitative estimate of drug-likeness (QED) is 0.437. The third kappa shape index (κ3) is 1.62. The van der Waals surface area contributed by atoms with Gasteiger partial charge in [0, 0.05) is 9.52 Å². The largest absolute Gasteiger partial charge is 0.0629 e. The van der Waals surface area contributed by atoms with E-state index in [0.717, 1.165) is 5.04 Å². The summed E-state index contributed by atoms with van der Waals surface area (Å²) >= 11 is 0. The van der Waals surface area contributed by atoms with Gasteiger partial charge in [-0.2, -0.15) is 0 Å². The molecular weight excluding hydrogens is 112 g/mol. The maximum absolute atomic E-state index is 2.44. The van der Waals surface area contributed by atoms with E-state index in [1.165, 1.54) is 19.3 Å². The Morgan fingerprint density at radius 1 is 1.25 bits per heavy atom. The minimum atomic E-state index is 0.336. The van der Waals surface area contributed by atoms with Crippen molar-refractivity contribution in [3.8, 4) is 0 Å². The summed E-state index contributed by atoms with van der Waals surface area (Å²) in [6, 6.07) is 1.60. The summed E-state index contributed by atoms with van der Waals surface area (Å²) in [5.74, 6) is 0. The molecule has 0 atom stereocenters. The highest BCUT2D eigenvalue weighted by Crippen LogP contribution is 2.35. The molecule has 0 bridgehead atoms. The van der Waals surface area contributed by atoms with Crippen LogP contribution in [0.15, 0.2) is 0 Å². The van der Waals surface area contributed by atoms with Crippen molar-refractivity contribution in [2.24, 2.45) is 0 Å². The molecule has 8 heavy (non-hydrogen) atoms. The van der Waals surface area contributed by atoms with Crippen molar-refractivity contribution in [3.63, 3.8) is 0 Å². The Balaban J connectivity index is 2.33. The van der Waals surface area contributed by atoms with Gasteiger partial charge >= 0.3 is 0 Å². The molecule has 1 aliphatic rings. The summed E-state index contributed by atoms with van der Waals surface area (Å²) in [4.78, 5) is 0. The maximum atomic E-state index is 2.44. The molecule has 0 saturated carbocycles. The number of hydrogen-bond acceptors (Lipinski definition) is 0. The Bertz CT molecular complexity index is 68.5. The fourth-order valence-electron chi connectivity index (χ4n) is 1.51. The molecule has 0 nitrogen and oxygen atoms in total. The minimum Gasteiger partial charge on any atom is -0.0629 e. The molecule has 1 rings (SSSR count). The molecule has 1 aliphatic heterocycles. The molecule has 1 fully saturated rings. The van der Waals surface area contributed by atoms with Crippen LogP contribution < -0.4 is 0 Å². The third-order valence-electron chi connectivity index (χ3n) is 2.21. The lowest BCUT2D eigenvalue weighted by Gasteiger charge is -2.28. The van der Waals surface area contributed by atoms with Crippen molar-refractivity contribution in [2.45, 2.75) is 44.2 Å². The van der Waals surface area contributed by atoms with Crippen LogP contribution in [-0.4, -0.2) is 9.52 Å². The first-order valence-corrected chi connectivity index (χ1v) is 5.41. The second-order valence-electron chi connectivity index (χ2n) is 3.72. The van der Waals surface area contributed by atoms with Gasteiger partial charge in [-0.3, -0.25) is 0 Å². The van der Waals surface area contributed by atoms with Gasteiger partial charge in [-0.05, 0) is 5.04 Å².